The topological polar surface area (TPSA) is 82.1 Å². The molecule has 0 saturated heterocycles. The summed E-state index contributed by atoms with van der Waals surface area (Å²) < 4.78 is 0.886. The number of amidine groups is 1. The molecular weight excluding hydrogens is 310 g/mol. The molecule has 6 heteroatoms. The lowest BCUT2D eigenvalue weighted by Gasteiger charge is -2.39. The zero-order valence-electron chi connectivity index (χ0n) is 10.6. The van der Waals surface area contributed by atoms with Crippen molar-refractivity contribution >= 4 is 27.5 Å². The minimum atomic E-state index is 0.0876. The zero-order valence-corrected chi connectivity index (χ0v) is 12.2. The highest BCUT2D eigenvalue weighted by Gasteiger charge is 2.26. The van der Waals surface area contributed by atoms with Crippen molar-refractivity contribution in [2.24, 2.45) is 10.9 Å². The van der Waals surface area contributed by atoms with Crippen LogP contribution in [0.25, 0.3) is 0 Å². The van der Waals surface area contributed by atoms with Crippen LogP contribution in [0.4, 0.5) is 5.69 Å². The van der Waals surface area contributed by atoms with E-state index in [1.54, 1.807) is 0 Å². The fraction of sp³-hybridized carbons (Fsp3) is 0.462. The first-order valence-corrected chi connectivity index (χ1v) is 7.11. The first kappa shape index (κ1) is 14.1. The predicted octanol–water partition coefficient (Wildman–Crippen LogP) is 1.89. The maximum absolute atomic E-state index is 9.21. The van der Waals surface area contributed by atoms with Gasteiger partial charge in [-0.3, -0.25) is 0 Å². The smallest absolute Gasteiger partial charge is 0.170 e. The summed E-state index contributed by atoms with van der Waals surface area (Å²) in [7, 11) is 0. The standard InChI is InChI=1S/C13H18BrN3O2/c14-11-8-9(13(15)16-19)4-5-12(11)17(6-7-18)10-2-1-3-10/h4-5,8,10,18-19H,1-3,6-7H2,(H2,15,16). The van der Waals surface area contributed by atoms with E-state index in [4.69, 9.17) is 10.9 Å². The predicted molar refractivity (Wildman–Crippen MR) is 78.7 cm³/mol. The molecule has 5 nitrogen and oxygen atoms in total. The van der Waals surface area contributed by atoms with E-state index >= 15 is 0 Å². The summed E-state index contributed by atoms with van der Waals surface area (Å²) in [5.41, 5.74) is 7.27. The fourth-order valence-corrected chi connectivity index (χ4v) is 2.87. The van der Waals surface area contributed by atoms with Crippen molar-refractivity contribution in [3.63, 3.8) is 0 Å². The second-order valence-electron chi connectivity index (χ2n) is 4.65. The van der Waals surface area contributed by atoms with E-state index in [2.05, 4.69) is 26.0 Å². The highest BCUT2D eigenvalue weighted by molar-refractivity contribution is 9.10. The van der Waals surface area contributed by atoms with Gasteiger partial charge in [0, 0.05) is 22.6 Å². The van der Waals surface area contributed by atoms with Crippen molar-refractivity contribution in [3.8, 4) is 0 Å². The van der Waals surface area contributed by atoms with Gasteiger partial charge < -0.3 is 20.9 Å². The van der Waals surface area contributed by atoms with E-state index in [0.717, 1.165) is 23.0 Å². The van der Waals surface area contributed by atoms with Crippen LogP contribution in [-0.2, 0) is 0 Å². The van der Waals surface area contributed by atoms with E-state index < -0.39 is 0 Å². The second kappa shape index (κ2) is 6.25. The molecule has 0 atom stereocenters. The minimum Gasteiger partial charge on any atom is -0.409 e. The molecule has 1 aliphatic rings. The zero-order chi connectivity index (χ0) is 13.8. The molecule has 0 spiro atoms. The Morgan fingerprint density at radius 3 is 2.68 bits per heavy atom. The Bertz CT molecular complexity index is 475. The summed E-state index contributed by atoms with van der Waals surface area (Å²) in [4.78, 5) is 2.21. The van der Waals surface area contributed by atoms with Gasteiger partial charge in [-0.05, 0) is 53.4 Å². The molecule has 104 valence electrons. The number of aliphatic hydroxyl groups excluding tert-OH is 1. The van der Waals surface area contributed by atoms with Gasteiger partial charge in [0.15, 0.2) is 5.84 Å². The monoisotopic (exact) mass is 327 g/mol. The van der Waals surface area contributed by atoms with Crippen LogP contribution in [-0.4, -0.2) is 35.3 Å². The number of hydrogen-bond acceptors (Lipinski definition) is 4. The van der Waals surface area contributed by atoms with Gasteiger partial charge in [-0.15, -0.1) is 0 Å². The fourth-order valence-electron chi connectivity index (χ4n) is 2.26. The van der Waals surface area contributed by atoms with Crippen LogP contribution < -0.4 is 10.6 Å². The largest absolute Gasteiger partial charge is 0.409 e. The summed E-state index contributed by atoms with van der Waals surface area (Å²) in [6.45, 7) is 0.747. The van der Waals surface area contributed by atoms with Crippen molar-refractivity contribution in [2.45, 2.75) is 25.3 Å². The Balaban J connectivity index is 2.27. The number of halogens is 1. The maximum Gasteiger partial charge on any atom is 0.170 e. The summed E-state index contributed by atoms with van der Waals surface area (Å²) >= 11 is 3.52. The van der Waals surface area contributed by atoms with Gasteiger partial charge in [0.25, 0.3) is 0 Å². The lowest BCUT2D eigenvalue weighted by molar-refractivity contribution is 0.283. The molecule has 0 heterocycles. The van der Waals surface area contributed by atoms with Crippen molar-refractivity contribution in [3.05, 3.63) is 28.2 Å². The summed E-state index contributed by atoms with van der Waals surface area (Å²) in [5, 5.41) is 20.9. The van der Waals surface area contributed by atoms with Crippen LogP contribution in [0.3, 0.4) is 0 Å². The number of nitrogens with two attached hydrogens (primary N) is 1. The third-order valence-electron chi connectivity index (χ3n) is 3.52. The Hall–Kier alpha value is -1.27. The van der Waals surface area contributed by atoms with Crippen LogP contribution in [0, 0.1) is 0 Å². The second-order valence-corrected chi connectivity index (χ2v) is 5.51. The molecule has 0 aliphatic heterocycles. The normalized spacial score (nSPS) is 16.2. The van der Waals surface area contributed by atoms with Gasteiger partial charge in [0.2, 0.25) is 0 Å². The third kappa shape index (κ3) is 3.01. The molecule has 1 aromatic rings. The Labute approximate surface area is 120 Å². The first-order chi connectivity index (χ1) is 9.17. The number of benzene rings is 1. The van der Waals surface area contributed by atoms with Gasteiger partial charge in [-0.2, -0.15) is 0 Å². The molecule has 0 unspecified atom stereocenters. The summed E-state index contributed by atoms with van der Waals surface area (Å²) in [5.74, 6) is 0.0876. The van der Waals surface area contributed by atoms with Crippen molar-refractivity contribution in [1.82, 2.24) is 0 Å². The van der Waals surface area contributed by atoms with Crippen LogP contribution in [0.15, 0.2) is 27.8 Å². The van der Waals surface area contributed by atoms with Gasteiger partial charge >= 0.3 is 0 Å². The molecule has 1 saturated carbocycles. The van der Waals surface area contributed by atoms with E-state index in [1.807, 2.05) is 18.2 Å². The van der Waals surface area contributed by atoms with Crippen LogP contribution in [0.1, 0.15) is 24.8 Å². The number of aliphatic hydroxyl groups is 1. The molecule has 19 heavy (non-hydrogen) atoms. The average molecular weight is 328 g/mol. The molecular formula is C13H18BrN3O2. The number of oxime groups is 1. The Morgan fingerprint density at radius 1 is 1.47 bits per heavy atom. The quantitative estimate of drug-likeness (QED) is 0.334. The molecule has 0 amide bonds. The van der Waals surface area contributed by atoms with Crippen molar-refractivity contribution in [2.75, 3.05) is 18.1 Å². The highest BCUT2D eigenvalue weighted by atomic mass is 79.9. The van der Waals surface area contributed by atoms with Crippen LogP contribution in [0.5, 0.6) is 0 Å². The van der Waals surface area contributed by atoms with Gasteiger partial charge in [0.1, 0.15) is 0 Å². The molecule has 0 radical (unpaired) electrons. The van der Waals surface area contributed by atoms with E-state index in [-0.39, 0.29) is 12.4 Å². The number of rotatable bonds is 5. The summed E-state index contributed by atoms with van der Waals surface area (Å²) in [6, 6.07) is 6.08. The van der Waals surface area contributed by atoms with E-state index in [0.29, 0.717) is 18.2 Å². The highest BCUT2D eigenvalue weighted by Crippen LogP contribution is 2.34. The first-order valence-electron chi connectivity index (χ1n) is 6.32. The molecule has 0 bridgehead atoms. The van der Waals surface area contributed by atoms with E-state index in [1.165, 1.54) is 6.42 Å². The molecule has 1 aromatic carbocycles. The van der Waals surface area contributed by atoms with Crippen molar-refractivity contribution in [1.29, 1.82) is 0 Å². The van der Waals surface area contributed by atoms with Crippen LogP contribution in [0.2, 0.25) is 0 Å². The third-order valence-corrected chi connectivity index (χ3v) is 4.15. The molecule has 4 N–H and O–H groups in total. The van der Waals surface area contributed by atoms with E-state index in [9.17, 15) is 5.11 Å². The lowest BCUT2D eigenvalue weighted by atomic mass is 9.91. The van der Waals surface area contributed by atoms with Gasteiger partial charge in [-0.25, -0.2) is 0 Å². The maximum atomic E-state index is 9.21. The number of nitrogens with zero attached hydrogens (tertiary/aromatic N) is 2. The van der Waals surface area contributed by atoms with Crippen LogP contribution >= 0.6 is 15.9 Å². The molecule has 2 rings (SSSR count). The average Bonchev–Trinajstić information content (AvgIpc) is 2.35. The lowest BCUT2D eigenvalue weighted by Crippen LogP contribution is -2.42. The molecule has 1 aliphatic carbocycles. The Kier molecular flexibility index (Phi) is 4.66. The van der Waals surface area contributed by atoms with Gasteiger partial charge in [0.05, 0.1) is 12.3 Å². The number of hydrogen-bond donors (Lipinski definition) is 3. The molecule has 0 aromatic heterocycles. The summed E-state index contributed by atoms with van der Waals surface area (Å²) in [6.07, 6.45) is 3.56. The SMILES string of the molecule is N/C(=N/O)c1ccc(N(CCO)C2CCC2)c(Br)c1. The minimum absolute atomic E-state index is 0.0876. The number of anilines is 1. The Morgan fingerprint density at radius 2 is 2.21 bits per heavy atom. The van der Waals surface area contributed by atoms with Crippen molar-refractivity contribution < 1.29 is 10.3 Å². The molecule has 1 fully saturated rings. The van der Waals surface area contributed by atoms with Gasteiger partial charge in [-0.1, -0.05) is 5.16 Å².